The van der Waals surface area contributed by atoms with Crippen LogP contribution < -0.4 is 5.32 Å². The lowest BCUT2D eigenvalue weighted by Crippen LogP contribution is -2.42. The van der Waals surface area contributed by atoms with E-state index < -0.39 is 0 Å². The maximum Gasteiger partial charge on any atom is 0.0953 e. The van der Waals surface area contributed by atoms with Gasteiger partial charge >= 0.3 is 0 Å². The van der Waals surface area contributed by atoms with Gasteiger partial charge in [-0.05, 0) is 39.8 Å². The van der Waals surface area contributed by atoms with Crippen LogP contribution in [0.4, 0.5) is 0 Å². The van der Waals surface area contributed by atoms with E-state index >= 15 is 0 Å². The van der Waals surface area contributed by atoms with Gasteiger partial charge < -0.3 is 9.88 Å². The average Bonchev–Trinajstić information content (AvgIpc) is 2.53. The Balaban J connectivity index is 2.27. The lowest BCUT2D eigenvalue weighted by atomic mass is 9.90. The van der Waals surface area contributed by atoms with Crippen molar-refractivity contribution in [3.05, 3.63) is 18.2 Å². The van der Waals surface area contributed by atoms with Crippen LogP contribution in [0.15, 0.2) is 12.5 Å². The molecule has 1 fully saturated rings. The third-order valence-electron chi connectivity index (χ3n) is 3.09. The maximum absolute atomic E-state index is 4.18. The molecule has 0 unspecified atom stereocenters. The normalized spacial score (nSPS) is 21.7. The molecule has 1 N–H and O–H groups in total. The molecular weight excluding hydrogens is 162 g/mol. The minimum Gasteiger partial charge on any atom is -0.329 e. The molecule has 0 saturated carbocycles. The Labute approximate surface area is 79.2 Å². The molecule has 0 amide bonds. The molecule has 0 bridgehead atoms. The molecule has 1 aliphatic heterocycles. The SMILES string of the molecule is Cc1cncn1C1(C)CCNCC1. The molecule has 3 nitrogen and oxygen atoms in total. The first-order chi connectivity index (χ1) is 6.22. The number of aromatic nitrogens is 2. The van der Waals surface area contributed by atoms with Gasteiger partial charge in [0.2, 0.25) is 0 Å². The average molecular weight is 179 g/mol. The highest BCUT2D eigenvalue weighted by atomic mass is 15.1. The third-order valence-corrected chi connectivity index (χ3v) is 3.09. The molecule has 1 aliphatic rings. The van der Waals surface area contributed by atoms with Crippen LogP contribution in [0.3, 0.4) is 0 Å². The topological polar surface area (TPSA) is 29.9 Å². The zero-order chi connectivity index (χ0) is 9.31. The zero-order valence-corrected chi connectivity index (χ0v) is 8.38. The Morgan fingerprint density at radius 1 is 1.46 bits per heavy atom. The number of nitrogens with one attached hydrogen (secondary N) is 1. The molecule has 2 rings (SSSR count). The second-order valence-electron chi connectivity index (χ2n) is 4.15. The largest absolute Gasteiger partial charge is 0.329 e. The van der Waals surface area contributed by atoms with Gasteiger partial charge in [-0.25, -0.2) is 4.98 Å². The van der Waals surface area contributed by atoms with E-state index in [9.17, 15) is 0 Å². The molecule has 0 aliphatic carbocycles. The van der Waals surface area contributed by atoms with Gasteiger partial charge in [-0.3, -0.25) is 0 Å². The molecule has 0 aromatic carbocycles. The van der Waals surface area contributed by atoms with Crippen LogP contribution in [0.5, 0.6) is 0 Å². The molecule has 3 heteroatoms. The Bertz CT molecular complexity index is 284. The first kappa shape index (κ1) is 8.75. The number of hydrogen-bond donors (Lipinski definition) is 1. The van der Waals surface area contributed by atoms with Crippen LogP contribution in [0.25, 0.3) is 0 Å². The van der Waals surface area contributed by atoms with Crippen molar-refractivity contribution in [2.24, 2.45) is 0 Å². The van der Waals surface area contributed by atoms with Crippen LogP contribution in [0.2, 0.25) is 0 Å². The van der Waals surface area contributed by atoms with E-state index in [-0.39, 0.29) is 5.54 Å². The second-order valence-corrected chi connectivity index (χ2v) is 4.15. The van der Waals surface area contributed by atoms with Gasteiger partial charge in [-0.15, -0.1) is 0 Å². The van der Waals surface area contributed by atoms with Crippen molar-refractivity contribution in [1.82, 2.24) is 14.9 Å². The summed E-state index contributed by atoms with van der Waals surface area (Å²) in [6.07, 6.45) is 6.29. The highest BCUT2D eigenvalue weighted by molar-refractivity contribution is 5.02. The molecule has 0 spiro atoms. The number of piperidine rings is 1. The summed E-state index contributed by atoms with van der Waals surface area (Å²) < 4.78 is 2.31. The fraction of sp³-hybridized carbons (Fsp3) is 0.700. The first-order valence-electron chi connectivity index (χ1n) is 4.92. The van der Waals surface area contributed by atoms with E-state index in [1.54, 1.807) is 0 Å². The highest BCUT2D eigenvalue weighted by Crippen LogP contribution is 2.27. The second kappa shape index (κ2) is 3.14. The number of imidazole rings is 1. The summed E-state index contributed by atoms with van der Waals surface area (Å²) in [6.45, 7) is 6.69. The fourth-order valence-corrected chi connectivity index (χ4v) is 2.13. The summed E-state index contributed by atoms with van der Waals surface area (Å²) in [6, 6.07) is 0. The van der Waals surface area contributed by atoms with Crippen LogP contribution in [0.1, 0.15) is 25.5 Å². The molecule has 0 radical (unpaired) electrons. The third kappa shape index (κ3) is 1.48. The van der Waals surface area contributed by atoms with Crippen molar-refractivity contribution in [1.29, 1.82) is 0 Å². The van der Waals surface area contributed by atoms with E-state index in [4.69, 9.17) is 0 Å². The minimum absolute atomic E-state index is 0.284. The van der Waals surface area contributed by atoms with Crippen LogP contribution >= 0.6 is 0 Å². The Morgan fingerprint density at radius 3 is 2.69 bits per heavy atom. The predicted octanol–water partition coefficient (Wildman–Crippen LogP) is 1.29. The van der Waals surface area contributed by atoms with Crippen LogP contribution in [-0.4, -0.2) is 22.6 Å². The van der Waals surface area contributed by atoms with Gasteiger partial charge in [0, 0.05) is 17.4 Å². The molecule has 72 valence electrons. The highest BCUT2D eigenvalue weighted by Gasteiger charge is 2.28. The van der Waals surface area contributed by atoms with E-state index in [1.165, 1.54) is 18.5 Å². The molecule has 13 heavy (non-hydrogen) atoms. The summed E-state index contributed by atoms with van der Waals surface area (Å²) in [4.78, 5) is 4.18. The molecule has 1 aromatic heterocycles. The van der Waals surface area contributed by atoms with Crippen molar-refractivity contribution in [3.8, 4) is 0 Å². The standard InChI is InChI=1S/C10H17N3/c1-9-7-12-8-13(9)10(2)3-5-11-6-4-10/h7-8,11H,3-6H2,1-2H3. The molecule has 2 heterocycles. The lowest BCUT2D eigenvalue weighted by molar-refractivity contribution is 0.227. The monoisotopic (exact) mass is 179 g/mol. The number of aryl methyl sites for hydroxylation is 1. The number of hydrogen-bond acceptors (Lipinski definition) is 2. The summed E-state index contributed by atoms with van der Waals surface area (Å²) >= 11 is 0. The summed E-state index contributed by atoms with van der Waals surface area (Å²) in [5.41, 5.74) is 1.55. The van der Waals surface area contributed by atoms with Crippen molar-refractivity contribution < 1.29 is 0 Å². The fourth-order valence-electron chi connectivity index (χ4n) is 2.13. The summed E-state index contributed by atoms with van der Waals surface area (Å²) in [7, 11) is 0. The zero-order valence-electron chi connectivity index (χ0n) is 8.38. The smallest absolute Gasteiger partial charge is 0.0953 e. The summed E-state index contributed by atoms with van der Waals surface area (Å²) in [5, 5.41) is 3.39. The number of nitrogens with zero attached hydrogens (tertiary/aromatic N) is 2. The molecule has 1 saturated heterocycles. The Kier molecular flexibility index (Phi) is 2.12. The van der Waals surface area contributed by atoms with Gasteiger partial charge in [0.15, 0.2) is 0 Å². The lowest BCUT2D eigenvalue weighted by Gasteiger charge is -2.36. The van der Waals surface area contributed by atoms with Crippen LogP contribution in [0, 0.1) is 6.92 Å². The van der Waals surface area contributed by atoms with Gasteiger partial charge in [-0.2, -0.15) is 0 Å². The molecular formula is C10H17N3. The summed E-state index contributed by atoms with van der Waals surface area (Å²) in [5.74, 6) is 0. The van der Waals surface area contributed by atoms with Crippen LogP contribution in [-0.2, 0) is 5.54 Å². The predicted molar refractivity (Wildman–Crippen MR) is 52.7 cm³/mol. The van der Waals surface area contributed by atoms with Gasteiger partial charge in [0.1, 0.15) is 0 Å². The van der Waals surface area contributed by atoms with E-state index in [2.05, 4.69) is 28.7 Å². The van der Waals surface area contributed by atoms with Crippen molar-refractivity contribution in [2.75, 3.05) is 13.1 Å². The van der Waals surface area contributed by atoms with Crippen molar-refractivity contribution in [3.63, 3.8) is 0 Å². The first-order valence-corrected chi connectivity index (χ1v) is 4.92. The minimum atomic E-state index is 0.284. The molecule has 0 atom stereocenters. The van der Waals surface area contributed by atoms with Gasteiger partial charge in [0.05, 0.1) is 6.33 Å². The Morgan fingerprint density at radius 2 is 2.15 bits per heavy atom. The quantitative estimate of drug-likeness (QED) is 0.704. The van der Waals surface area contributed by atoms with Gasteiger partial charge in [-0.1, -0.05) is 0 Å². The van der Waals surface area contributed by atoms with Crippen molar-refractivity contribution in [2.45, 2.75) is 32.2 Å². The van der Waals surface area contributed by atoms with E-state index in [0.717, 1.165) is 13.1 Å². The van der Waals surface area contributed by atoms with E-state index in [0.29, 0.717) is 0 Å². The van der Waals surface area contributed by atoms with E-state index in [1.807, 2.05) is 12.5 Å². The molecule has 1 aromatic rings. The Hall–Kier alpha value is -0.830. The maximum atomic E-state index is 4.18. The van der Waals surface area contributed by atoms with Crippen molar-refractivity contribution >= 4 is 0 Å². The van der Waals surface area contributed by atoms with Gasteiger partial charge in [0.25, 0.3) is 0 Å². The number of rotatable bonds is 1.